The lowest BCUT2D eigenvalue weighted by Gasteiger charge is -2.13. The number of carboxylic acid groups (broad SMARTS) is 1. The molecule has 0 saturated heterocycles. The standard InChI is InChI=1S/C23H21N3O3S/c1-15-6-3-4-8-19(15)20-9-5-7-17(21(20)29-2)14-24-26-23(30)25-18-12-10-16(11-13-18)22(27)28/h3-14H,1-2H3,(H,27,28)(H2,25,26,30)/b24-14+. The van der Waals surface area contributed by atoms with E-state index in [-0.39, 0.29) is 10.7 Å². The summed E-state index contributed by atoms with van der Waals surface area (Å²) in [5.41, 5.74) is 7.66. The number of aryl methyl sites for hydroxylation is 1. The fourth-order valence-electron chi connectivity index (χ4n) is 2.99. The molecule has 0 aliphatic heterocycles. The highest BCUT2D eigenvalue weighted by atomic mass is 32.1. The molecule has 0 fully saturated rings. The van der Waals surface area contributed by atoms with E-state index in [9.17, 15) is 4.79 Å². The number of hydrogen-bond donors (Lipinski definition) is 3. The number of carbonyl (C=O) groups is 1. The predicted octanol–water partition coefficient (Wildman–Crippen LogP) is 4.69. The number of aromatic carboxylic acids is 1. The molecule has 0 heterocycles. The molecule has 152 valence electrons. The summed E-state index contributed by atoms with van der Waals surface area (Å²) in [7, 11) is 1.63. The van der Waals surface area contributed by atoms with Crippen LogP contribution in [-0.4, -0.2) is 29.5 Å². The van der Waals surface area contributed by atoms with Crippen molar-refractivity contribution in [2.75, 3.05) is 12.4 Å². The number of hydrogen-bond acceptors (Lipinski definition) is 4. The first-order chi connectivity index (χ1) is 14.5. The van der Waals surface area contributed by atoms with Crippen LogP contribution in [0.15, 0.2) is 71.8 Å². The van der Waals surface area contributed by atoms with Gasteiger partial charge in [-0.2, -0.15) is 5.10 Å². The molecular formula is C23H21N3O3S. The highest BCUT2D eigenvalue weighted by molar-refractivity contribution is 7.80. The zero-order valence-electron chi connectivity index (χ0n) is 16.5. The van der Waals surface area contributed by atoms with Crippen molar-refractivity contribution >= 4 is 35.2 Å². The molecule has 0 spiro atoms. The van der Waals surface area contributed by atoms with Crippen LogP contribution in [0.3, 0.4) is 0 Å². The van der Waals surface area contributed by atoms with Crippen LogP contribution in [0.2, 0.25) is 0 Å². The Labute approximate surface area is 180 Å². The number of ether oxygens (including phenoxy) is 1. The van der Waals surface area contributed by atoms with Gasteiger partial charge in [0.25, 0.3) is 0 Å². The second kappa shape index (κ2) is 9.67. The molecule has 3 N–H and O–H groups in total. The summed E-state index contributed by atoms with van der Waals surface area (Å²) < 4.78 is 5.65. The zero-order valence-corrected chi connectivity index (χ0v) is 17.4. The summed E-state index contributed by atoms with van der Waals surface area (Å²) >= 11 is 5.23. The number of anilines is 1. The van der Waals surface area contributed by atoms with E-state index in [1.54, 1.807) is 25.5 Å². The molecule has 0 saturated carbocycles. The van der Waals surface area contributed by atoms with E-state index in [0.717, 1.165) is 28.0 Å². The minimum Gasteiger partial charge on any atom is -0.495 e. The molecule has 3 aromatic rings. The largest absolute Gasteiger partial charge is 0.495 e. The van der Waals surface area contributed by atoms with Gasteiger partial charge in [-0.25, -0.2) is 4.79 Å². The molecule has 0 aromatic heterocycles. The van der Waals surface area contributed by atoms with Crippen molar-refractivity contribution in [3.8, 4) is 16.9 Å². The van der Waals surface area contributed by atoms with Crippen molar-refractivity contribution in [3.05, 3.63) is 83.4 Å². The lowest BCUT2D eigenvalue weighted by molar-refractivity contribution is 0.0697. The first-order valence-electron chi connectivity index (χ1n) is 9.16. The average molecular weight is 420 g/mol. The Morgan fingerprint density at radius 1 is 1.03 bits per heavy atom. The molecule has 0 radical (unpaired) electrons. The van der Waals surface area contributed by atoms with Crippen molar-refractivity contribution in [1.82, 2.24) is 5.43 Å². The number of hydrazone groups is 1. The Balaban J connectivity index is 1.71. The lowest BCUT2D eigenvalue weighted by Crippen LogP contribution is -2.23. The molecule has 0 atom stereocenters. The average Bonchev–Trinajstić information content (AvgIpc) is 2.74. The first-order valence-corrected chi connectivity index (χ1v) is 9.57. The molecule has 0 bridgehead atoms. The van der Waals surface area contributed by atoms with Gasteiger partial charge < -0.3 is 15.2 Å². The maximum atomic E-state index is 10.9. The second-order valence-corrected chi connectivity index (χ2v) is 6.86. The maximum Gasteiger partial charge on any atom is 0.335 e. The summed E-state index contributed by atoms with van der Waals surface area (Å²) in [4.78, 5) is 10.9. The number of carboxylic acids is 1. The van der Waals surface area contributed by atoms with Gasteiger partial charge in [0.1, 0.15) is 5.75 Å². The molecule has 3 rings (SSSR count). The van der Waals surface area contributed by atoms with E-state index in [0.29, 0.717) is 5.69 Å². The van der Waals surface area contributed by atoms with E-state index in [2.05, 4.69) is 34.9 Å². The minimum atomic E-state index is -0.978. The fraction of sp³-hybridized carbons (Fsp3) is 0.0870. The minimum absolute atomic E-state index is 0.207. The Bertz CT molecular complexity index is 1100. The SMILES string of the molecule is COc1c(/C=N/NC(=S)Nc2ccc(C(=O)O)cc2)cccc1-c1ccccc1C. The van der Waals surface area contributed by atoms with Gasteiger partial charge in [-0.1, -0.05) is 36.4 Å². The second-order valence-electron chi connectivity index (χ2n) is 6.45. The molecule has 0 aliphatic rings. The highest BCUT2D eigenvalue weighted by Crippen LogP contribution is 2.34. The van der Waals surface area contributed by atoms with Crippen molar-refractivity contribution in [1.29, 1.82) is 0 Å². The molecule has 30 heavy (non-hydrogen) atoms. The third kappa shape index (κ3) is 5.01. The zero-order chi connectivity index (χ0) is 21.5. The Morgan fingerprint density at radius 2 is 1.73 bits per heavy atom. The van der Waals surface area contributed by atoms with Crippen LogP contribution in [-0.2, 0) is 0 Å². The van der Waals surface area contributed by atoms with Crippen LogP contribution in [0, 0.1) is 6.92 Å². The Kier molecular flexibility index (Phi) is 6.77. The molecule has 0 unspecified atom stereocenters. The first kappa shape index (κ1) is 21.0. The summed E-state index contributed by atoms with van der Waals surface area (Å²) in [6.07, 6.45) is 1.64. The highest BCUT2D eigenvalue weighted by Gasteiger charge is 2.11. The maximum absolute atomic E-state index is 10.9. The Hall–Kier alpha value is -3.71. The van der Waals surface area contributed by atoms with E-state index >= 15 is 0 Å². The van der Waals surface area contributed by atoms with E-state index in [4.69, 9.17) is 22.1 Å². The van der Waals surface area contributed by atoms with Crippen LogP contribution in [0.5, 0.6) is 5.75 Å². The molecular weight excluding hydrogens is 398 g/mol. The lowest BCUT2D eigenvalue weighted by atomic mass is 9.98. The van der Waals surface area contributed by atoms with Crippen molar-refractivity contribution < 1.29 is 14.6 Å². The van der Waals surface area contributed by atoms with Gasteiger partial charge in [0.15, 0.2) is 5.11 Å². The normalized spacial score (nSPS) is 10.6. The van der Waals surface area contributed by atoms with Gasteiger partial charge in [0.05, 0.1) is 18.9 Å². The van der Waals surface area contributed by atoms with Crippen LogP contribution in [0.4, 0.5) is 5.69 Å². The van der Waals surface area contributed by atoms with E-state index in [1.165, 1.54) is 12.1 Å². The predicted molar refractivity (Wildman–Crippen MR) is 124 cm³/mol. The van der Waals surface area contributed by atoms with Crippen molar-refractivity contribution in [3.63, 3.8) is 0 Å². The van der Waals surface area contributed by atoms with Gasteiger partial charge >= 0.3 is 5.97 Å². The van der Waals surface area contributed by atoms with Crippen LogP contribution >= 0.6 is 12.2 Å². The quantitative estimate of drug-likeness (QED) is 0.305. The third-order valence-electron chi connectivity index (χ3n) is 4.44. The van der Waals surface area contributed by atoms with Gasteiger partial charge in [0.2, 0.25) is 0 Å². The van der Waals surface area contributed by atoms with Crippen LogP contribution in [0.25, 0.3) is 11.1 Å². The van der Waals surface area contributed by atoms with E-state index in [1.807, 2.05) is 30.3 Å². The molecule has 6 nitrogen and oxygen atoms in total. The summed E-state index contributed by atoms with van der Waals surface area (Å²) in [6.45, 7) is 2.06. The molecule has 7 heteroatoms. The number of rotatable bonds is 6. The number of thiocarbonyl (C=S) groups is 1. The summed E-state index contributed by atoms with van der Waals surface area (Å²) in [5, 5.41) is 16.4. The monoisotopic (exact) mass is 419 g/mol. The molecule has 0 aliphatic carbocycles. The van der Waals surface area contributed by atoms with Gasteiger partial charge in [-0.3, -0.25) is 5.43 Å². The van der Waals surface area contributed by atoms with Crippen molar-refractivity contribution in [2.45, 2.75) is 6.92 Å². The number of methoxy groups -OCH3 is 1. The number of nitrogens with zero attached hydrogens (tertiary/aromatic N) is 1. The number of nitrogens with one attached hydrogen (secondary N) is 2. The van der Waals surface area contributed by atoms with Gasteiger partial charge in [-0.15, -0.1) is 0 Å². The van der Waals surface area contributed by atoms with Crippen LogP contribution < -0.4 is 15.5 Å². The summed E-state index contributed by atoms with van der Waals surface area (Å²) in [5.74, 6) is -0.255. The topological polar surface area (TPSA) is 83.0 Å². The van der Waals surface area contributed by atoms with Crippen LogP contribution in [0.1, 0.15) is 21.5 Å². The van der Waals surface area contributed by atoms with Crippen molar-refractivity contribution in [2.24, 2.45) is 5.10 Å². The fourth-order valence-corrected chi connectivity index (χ4v) is 3.16. The van der Waals surface area contributed by atoms with Gasteiger partial charge in [-0.05, 0) is 60.6 Å². The number of benzene rings is 3. The third-order valence-corrected chi connectivity index (χ3v) is 4.64. The number of para-hydroxylation sites is 1. The van der Waals surface area contributed by atoms with Gasteiger partial charge in [0, 0.05) is 16.8 Å². The smallest absolute Gasteiger partial charge is 0.335 e. The molecule has 3 aromatic carbocycles. The Morgan fingerprint density at radius 3 is 2.40 bits per heavy atom. The summed E-state index contributed by atoms with van der Waals surface area (Å²) in [6, 6.07) is 20.3. The van der Waals surface area contributed by atoms with E-state index < -0.39 is 5.97 Å². The molecule has 0 amide bonds.